The molecule has 1 atom stereocenters. The lowest BCUT2D eigenvalue weighted by atomic mass is 9.93. The minimum absolute atomic E-state index is 0.101. The average Bonchev–Trinajstić information content (AvgIpc) is 2.93. The summed E-state index contributed by atoms with van der Waals surface area (Å²) in [4.78, 5) is 25.4. The number of pyridine rings is 1. The van der Waals surface area contributed by atoms with Gasteiger partial charge in [-0.1, -0.05) is 36.9 Å². The number of aromatic nitrogens is 3. The molecule has 9 nitrogen and oxygen atoms in total. The van der Waals surface area contributed by atoms with E-state index in [1.54, 1.807) is 24.5 Å². The number of ether oxygens (including phenoxy) is 1. The van der Waals surface area contributed by atoms with Crippen molar-refractivity contribution < 1.29 is 14.6 Å². The Morgan fingerprint density at radius 2 is 2.03 bits per heavy atom. The summed E-state index contributed by atoms with van der Waals surface area (Å²) in [7, 11) is 0. The lowest BCUT2D eigenvalue weighted by molar-refractivity contribution is -0.111. The van der Waals surface area contributed by atoms with Crippen LogP contribution in [0.15, 0.2) is 79.6 Å². The van der Waals surface area contributed by atoms with E-state index in [0.29, 0.717) is 30.5 Å². The van der Waals surface area contributed by atoms with E-state index in [4.69, 9.17) is 9.72 Å². The molecule has 0 spiro atoms. The summed E-state index contributed by atoms with van der Waals surface area (Å²) < 4.78 is 5.91. The van der Waals surface area contributed by atoms with Crippen molar-refractivity contribution in [3.05, 3.63) is 85.2 Å². The summed E-state index contributed by atoms with van der Waals surface area (Å²) >= 11 is 0. The van der Waals surface area contributed by atoms with Gasteiger partial charge in [-0.3, -0.25) is 9.78 Å². The predicted octanol–water partition coefficient (Wildman–Crippen LogP) is 3.37. The van der Waals surface area contributed by atoms with Crippen molar-refractivity contribution in [1.29, 1.82) is 0 Å². The van der Waals surface area contributed by atoms with Crippen LogP contribution in [0.1, 0.15) is 5.56 Å². The van der Waals surface area contributed by atoms with Gasteiger partial charge in [0.05, 0.1) is 24.4 Å². The molecule has 4 N–H and O–H groups in total. The molecule has 9 heteroatoms. The Bertz CT molecular complexity index is 1400. The molecule has 1 fully saturated rings. The molecule has 2 aromatic heterocycles. The quantitative estimate of drug-likeness (QED) is 0.296. The first-order chi connectivity index (χ1) is 17.6. The smallest absolute Gasteiger partial charge is 0.247 e. The summed E-state index contributed by atoms with van der Waals surface area (Å²) in [5.74, 6) is 0.146. The Morgan fingerprint density at radius 1 is 1.17 bits per heavy atom. The second-order valence-corrected chi connectivity index (χ2v) is 8.44. The molecule has 36 heavy (non-hydrogen) atoms. The number of aliphatic hydroxyl groups excluding tert-OH is 1. The third-order valence-electron chi connectivity index (χ3n) is 6.09. The first-order valence-corrected chi connectivity index (χ1v) is 11.6. The van der Waals surface area contributed by atoms with Gasteiger partial charge >= 0.3 is 0 Å². The highest BCUT2D eigenvalue weighted by Gasteiger charge is 2.34. The van der Waals surface area contributed by atoms with Crippen molar-refractivity contribution in [3.8, 4) is 11.3 Å². The maximum atomic E-state index is 11.7. The van der Waals surface area contributed by atoms with Gasteiger partial charge < -0.3 is 25.8 Å². The summed E-state index contributed by atoms with van der Waals surface area (Å²) in [6.07, 6.45) is 4.62. The van der Waals surface area contributed by atoms with Gasteiger partial charge in [-0.05, 0) is 35.9 Å². The molecule has 0 radical (unpaired) electrons. The van der Waals surface area contributed by atoms with Crippen LogP contribution in [0.2, 0.25) is 0 Å². The molecule has 0 bridgehead atoms. The van der Waals surface area contributed by atoms with Crippen LogP contribution in [0.3, 0.4) is 0 Å². The van der Waals surface area contributed by atoms with Gasteiger partial charge in [0.2, 0.25) is 11.9 Å². The molecule has 4 aromatic rings. The molecule has 1 saturated heterocycles. The molecule has 0 aliphatic carbocycles. The number of hydrogen-bond donors (Lipinski definition) is 4. The fourth-order valence-electron chi connectivity index (χ4n) is 4.20. The molecule has 1 unspecified atom stereocenters. The van der Waals surface area contributed by atoms with Gasteiger partial charge in [-0.15, -0.1) is 0 Å². The summed E-state index contributed by atoms with van der Waals surface area (Å²) in [5.41, 5.74) is 3.80. The number of carbonyl (C=O) groups excluding carboxylic acids is 1. The molecule has 1 aliphatic heterocycles. The number of aliphatic hydroxyl groups is 1. The lowest BCUT2D eigenvalue weighted by Gasteiger charge is -2.36. The second kappa shape index (κ2) is 10.2. The van der Waals surface area contributed by atoms with Crippen LogP contribution in [-0.2, 0) is 15.1 Å². The third-order valence-corrected chi connectivity index (χ3v) is 6.09. The minimum Gasteiger partial charge on any atom is -0.393 e. The predicted molar refractivity (Wildman–Crippen MR) is 139 cm³/mol. The van der Waals surface area contributed by atoms with Gasteiger partial charge in [0.15, 0.2) is 0 Å². The first kappa shape index (κ1) is 23.6. The van der Waals surface area contributed by atoms with Gasteiger partial charge in [-0.2, -0.15) is 0 Å². The maximum absolute atomic E-state index is 11.7. The van der Waals surface area contributed by atoms with E-state index in [1.807, 2.05) is 42.5 Å². The fraction of sp³-hybridized carbons (Fsp3) is 0.185. The molecule has 0 saturated carbocycles. The SMILES string of the molecule is C=CC(=O)Nc1ccnc(-c2cccc3cnc(Nc4ccc(C5(CO)CNCCO5)cc4)nc23)c1. The monoisotopic (exact) mass is 482 g/mol. The zero-order valence-corrected chi connectivity index (χ0v) is 19.6. The normalized spacial score (nSPS) is 17.5. The van der Waals surface area contributed by atoms with E-state index in [-0.39, 0.29) is 12.5 Å². The van der Waals surface area contributed by atoms with Crippen LogP contribution < -0.4 is 16.0 Å². The van der Waals surface area contributed by atoms with E-state index < -0.39 is 5.60 Å². The van der Waals surface area contributed by atoms with E-state index in [0.717, 1.165) is 34.3 Å². The van der Waals surface area contributed by atoms with Gasteiger partial charge in [0.1, 0.15) is 5.60 Å². The number of hydrogen-bond acceptors (Lipinski definition) is 8. The van der Waals surface area contributed by atoms with Gasteiger partial charge in [0.25, 0.3) is 0 Å². The van der Waals surface area contributed by atoms with E-state index >= 15 is 0 Å². The van der Waals surface area contributed by atoms with Crippen LogP contribution >= 0.6 is 0 Å². The third kappa shape index (κ3) is 4.80. The zero-order valence-electron chi connectivity index (χ0n) is 19.6. The van der Waals surface area contributed by atoms with Crippen LogP contribution in [0.25, 0.3) is 22.2 Å². The van der Waals surface area contributed by atoms with Crippen molar-refractivity contribution in [2.75, 3.05) is 36.9 Å². The standard InChI is InChI=1S/C27H26N6O3/c1-2-24(35)31-21-10-11-29-23(14-21)22-5-3-4-18-15-30-26(33-25(18)22)32-20-8-6-19(7-9-20)27(17-34)16-28-12-13-36-27/h2-11,14-15,28,34H,1,12-13,16-17H2,(H,29,31,35)(H,30,32,33). The van der Waals surface area contributed by atoms with Gasteiger partial charge in [0, 0.05) is 47.8 Å². The molecule has 1 amide bonds. The fourth-order valence-corrected chi connectivity index (χ4v) is 4.20. The zero-order chi connectivity index (χ0) is 25.0. The Labute approximate surface area is 208 Å². The van der Waals surface area contributed by atoms with Crippen molar-refractivity contribution in [2.24, 2.45) is 0 Å². The molecule has 1 aliphatic rings. The number of benzene rings is 2. The number of fused-ring (bicyclic) bond motifs is 1. The topological polar surface area (TPSA) is 121 Å². The largest absolute Gasteiger partial charge is 0.393 e. The van der Waals surface area contributed by atoms with Crippen LogP contribution in [-0.4, -0.2) is 52.3 Å². The number of anilines is 3. The molecule has 2 aromatic carbocycles. The number of para-hydroxylation sites is 1. The highest BCUT2D eigenvalue weighted by atomic mass is 16.5. The average molecular weight is 483 g/mol. The summed E-state index contributed by atoms with van der Waals surface area (Å²) in [6, 6.07) is 17.0. The van der Waals surface area contributed by atoms with Gasteiger partial charge in [-0.25, -0.2) is 9.97 Å². The minimum atomic E-state index is -0.738. The van der Waals surface area contributed by atoms with Crippen LogP contribution in [0.4, 0.5) is 17.3 Å². The van der Waals surface area contributed by atoms with E-state index in [9.17, 15) is 9.90 Å². The lowest BCUT2D eigenvalue weighted by Crippen LogP contribution is -2.49. The number of nitrogens with one attached hydrogen (secondary N) is 3. The Morgan fingerprint density at radius 3 is 2.78 bits per heavy atom. The Hall–Kier alpha value is -4.18. The highest BCUT2D eigenvalue weighted by Crippen LogP contribution is 2.30. The first-order valence-electron chi connectivity index (χ1n) is 11.6. The number of amides is 1. The Kier molecular flexibility index (Phi) is 6.68. The van der Waals surface area contributed by atoms with Crippen molar-refractivity contribution in [3.63, 3.8) is 0 Å². The Balaban J connectivity index is 1.42. The maximum Gasteiger partial charge on any atom is 0.247 e. The molecular formula is C27H26N6O3. The van der Waals surface area contributed by atoms with Crippen LogP contribution in [0.5, 0.6) is 0 Å². The number of rotatable bonds is 7. The molecule has 5 rings (SSSR count). The van der Waals surface area contributed by atoms with E-state index in [2.05, 4.69) is 32.5 Å². The number of nitrogens with zero attached hydrogens (tertiary/aromatic N) is 3. The van der Waals surface area contributed by atoms with E-state index in [1.165, 1.54) is 6.08 Å². The van der Waals surface area contributed by atoms with Crippen molar-refractivity contribution >= 4 is 34.1 Å². The molecule has 3 heterocycles. The van der Waals surface area contributed by atoms with Crippen molar-refractivity contribution in [1.82, 2.24) is 20.3 Å². The number of carbonyl (C=O) groups is 1. The summed E-state index contributed by atoms with van der Waals surface area (Å²) in [5, 5.41) is 20.1. The second-order valence-electron chi connectivity index (χ2n) is 8.44. The highest BCUT2D eigenvalue weighted by molar-refractivity contribution is 5.99. The molecule has 182 valence electrons. The molecular weight excluding hydrogens is 456 g/mol. The summed E-state index contributed by atoms with van der Waals surface area (Å²) in [6.45, 7) is 5.26. The number of morpholine rings is 1. The van der Waals surface area contributed by atoms with Crippen molar-refractivity contribution in [2.45, 2.75) is 5.60 Å². The van der Waals surface area contributed by atoms with Crippen LogP contribution in [0, 0.1) is 0 Å².